The smallest absolute Gasteiger partial charge is 0.0931 e. The number of nitrogens with zero attached hydrogens (tertiary/aromatic N) is 1. The van der Waals surface area contributed by atoms with Crippen molar-refractivity contribution in [2.75, 3.05) is 6.54 Å². The zero-order valence-electron chi connectivity index (χ0n) is 11.3. The first-order chi connectivity index (χ1) is 9.31. The molecule has 1 unspecified atom stereocenters. The van der Waals surface area contributed by atoms with Crippen molar-refractivity contribution in [2.24, 2.45) is 0 Å². The summed E-state index contributed by atoms with van der Waals surface area (Å²) in [5, 5.41) is 6.96. The van der Waals surface area contributed by atoms with Gasteiger partial charge in [-0.2, -0.15) is 0 Å². The second-order valence-corrected chi connectivity index (χ2v) is 6.40. The monoisotopic (exact) mass is 272 g/mol. The Morgan fingerprint density at radius 2 is 2.11 bits per heavy atom. The predicted octanol–water partition coefficient (Wildman–Crippen LogP) is 3.53. The van der Waals surface area contributed by atoms with Gasteiger partial charge in [0.05, 0.1) is 5.01 Å². The largest absolute Gasteiger partial charge is 0.313 e. The first-order valence-corrected chi connectivity index (χ1v) is 7.87. The van der Waals surface area contributed by atoms with E-state index in [-0.39, 0.29) is 0 Å². The molecule has 3 rings (SSSR count). The fraction of sp³-hybridized carbons (Fsp3) is 0.438. The first-order valence-electron chi connectivity index (χ1n) is 6.99. The molecule has 0 aliphatic heterocycles. The highest BCUT2D eigenvalue weighted by molar-refractivity contribution is 7.09. The topological polar surface area (TPSA) is 24.9 Å². The average Bonchev–Trinajstić information content (AvgIpc) is 3.11. The molecule has 1 aromatic heterocycles. The van der Waals surface area contributed by atoms with E-state index < -0.39 is 0 Å². The summed E-state index contributed by atoms with van der Waals surface area (Å²) in [6, 6.07) is 9.72. The fourth-order valence-electron chi connectivity index (χ4n) is 2.31. The Bertz CT molecular complexity index is 500. The molecule has 1 aliphatic carbocycles. The molecule has 100 valence electrons. The number of hydrogen-bond donors (Lipinski definition) is 1. The van der Waals surface area contributed by atoms with Gasteiger partial charge in [0.15, 0.2) is 0 Å². The molecule has 1 aromatic carbocycles. The SMILES string of the molecule is Cc1ccc(C(CNC2CC2)Cc2nccs2)cc1. The van der Waals surface area contributed by atoms with Crippen LogP contribution in [0.3, 0.4) is 0 Å². The molecule has 2 aromatic rings. The number of aryl methyl sites for hydroxylation is 1. The van der Waals surface area contributed by atoms with Gasteiger partial charge in [0.1, 0.15) is 0 Å². The van der Waals surface area contributed by atoms with E-state index in [1.807, 2.05) is 6.20 Å². The molecule has 19 heavy (non-hydrogen) atoms. The molecule has 0 amide bonds. The van der Waals surface area contributed by atoms with Crippen molar-refractivity contribution >= 4 is 11.3 Å². The lowest BCUT2D eigenvalue weighted by molar-refractivity contribution is 0.576. The number of nitrogens with one attached hydrogen (secondary N) is 1. The molecule has 2 nitrogen and oxygen atoms in total. The van der Waals surface area contributed by atoms with E-state index in [0.29, 0.717) is 5.92 Å². The molecule has 0 saturated heterocycles. The van der Waals surface area contributed by atoms with E-state index in [1.54, 1.807) is 11.3 Å². The van der Waals surface area contributed by atoms with Crippen molar-refractivity contribution < 1.29 is 0 Å². The highest BCUT2D eigenvalue weighted by Gasteiger charge is 2.23. The average molecular weight is 272 g/mol. The minimum Gasteiger partial charge on any atom is -0.313 e. The van der Waals surface area contributed by atoms with Crippen molar-refractivity contribution in [3.63, 3.8) is 0 Å². The molecule has 0 bridgehead atoms. The molecule has 3 heteroatoms. The van der Waals surface area contributed by atoms with E-state index in [1.165, 1.54) is 29.0 Å². The van der Waals surface area contributed by atoms with Crippen LogP contribution in [0.1, 0.15) is 34.9 Å². The van der Waals surface area contributed by atoms with Crippen LogP contribution < -0.4 is 5.32 Å². The Labute approximate surface area is 118 Å². The van der Waals surface area contributed by atoms with Crippen molar-refractivity contribution in [3.8, 4) is 0 Å². The molecule has 1 heterocycles. The summed E-state index contributed by atoms with van der Waals surface area (Å²) < 4.78 is 0. The Kier molecular flexibility index (Phi) is 3.95. The summed E-state index contributed by atoms with van der Waals surface area (Å²) in [6.07, 6.45) is 5.64. The van der Waals surface area contributed by atoms with E-state index >= 15 is 0 Å². The van der Waals surface area contributed by atoms with Crippen LogP contribution in [0.15, 0.2) is 35.8 Å². The maximum Gasteiger partial charge on any atom is 0.0931 e. The van der Waals surface area contributed by atoms with E-state index in [9.17, 15) is 0 Å². The number of aromatic nitrogens is 1. The Balaban J connectivity index is 1.71. The molecule has 1 N–H and O–H groups in total. The quantitative estimate of drug-likeness (QED) is 0.870. The van der Waals surface area contributed by atoms with Gasteiger partial charge >= 0.3 is 0 Å². The first kappa shape index (κ1) is 12.8. The molecular weight excluding hydrogens is 252 g/mol. The van der Waals surface area contributed by atoms with Gasteiger partial charge in [0, 0.05) is 36.5 Å². The number of hydrogen-bond acceptors (Lipinski definition) is 3. The van der Waals surface area contributed by atoms with Gasteiger partial charge in [-0.05, 0) is 25.3 Å². The number of thiazole rings is 1. The zero-order valence-corrected chi connectivity index (χ0v) is 12.1. The van der Waals surface area contributed by atoms with Crippen molar-refractivity contribution in [1.29, 1.82) is 0 Å². The van der Waals surface area contributed by atoms with Crippen LogP contribution in [0.2, 0.25) is 0 Å². The standard InChI is InChI=1S/C16H20N2S/c1-12-2-4-13(5-3-12)14(11-18-15-6-7-15)10-16-17-8-9-19-16/h2-5,8-9,14-15,18H,6-7,10-11H2,1H3. The number of benzene rings is 1. The Morgan fingerprint density at radius 1 is 1.32 bits per heavy atom. The summed E-state index contributed by atoms with van der Waals surface area (Å²) in [6.45, 7) is 3.20. The third kappa shape index (κ3) is 3.64. The van der Waals surface area contributed by atoms with Gasteiger partial charge < -0.3 is 5.32 Å². The molecule has 1 saturated carbocycles. The summed E-state index contributed by atoms with van der Waals surface area (Å²) >= 11 is 1.76. The molecular formula is C16H20N2S. The fourth-order valence-corrected chi connectivity index (χ4v) is 3.01. The third-order valence-electron chi connectivity index (χ3n) is 3.68. The highest BCUT2D eigenvalue weighted by Crippen LogP contribution is 2.25. The van der Waals surface area contributed by atoms with Crippen LogP contribution in [-0.4, -0.2) is 17.6 Å². The summed E-state index contributed by atoms with van der Waals surface area (Å²) in [5.41, 5.74) is 2.75. The molecule has 1 fully saturated rings. The van der Waals surface area contributed by atoms with Gasteiger partial charge in [-0.3, -0.25) is 0 Å². The molecule has 0 spiro atoms. The second kappa shape index (κ2) is 5.85. The maximum absolute atomic E-state index is 4.43. The van der Waals surface area contributed by atoms with Crippen LogP contribution in [0, 0.1) is 6.92 Å². The van der Waals surface area contributed by atoms with Crippen molar-refractivity contribution in [2.45, 2.75) is 38.1 Å². The summed E-state index contributed by atoms with van der Waals surface area (Å²) in [5.74, 6) is 0.535. The normalized spacial score (nSPS) is 16.5. The Morgan fingerprint density at radius 3 is 2.74 bits per heavy atom. The van der Waals surface area contributed by atoms with E-state index in [4.69, 9.17) is 0 Å². The molecule has 1 atom stereocenters. The molecule has 1 aliphatic rings. The lowest BCUT2D eigenvalue weighted by Gasteiger charge is -2.17. The van der Waals surface area contributed by atoms with Crippen LogP contribution in [-0.2, 0) is 6.42 Å². The second-order valence-electron chi connectivity index (χ2n) is 5.42. The van der Waals surface area contributed by atoms with Gasteiger partial charge in [-0.1, -0.05) is 29.8 Å². The lowest BCUT2D eigenvalue weighted by Crippen LogP contribution is -2.24. The maximum atomic E-state index is 4.43. The van der Waals surface area contributed by atoms with Crippen LogP contribution >= 0.6 is 11.3 Å². The van der Waals surface area contributed by atoms with E-state index in [0.717, 1.165) is 19.0 Å². The minimum absolute atomic E-state index is 0.535. The minimum atomic E-state index is 0.535. The number of rotatable bonds is 6. The summed E-state index contributed by atoms with van der Waals surface area (Å²) in [7, 11) is 0. The van der Waals surface area contributed by atoms with E-state index in [2.05, 4.69) is 46.9 Å². The lowest BCUT2D eigenvalue weighted by atomic mass is 9.95. The summed E-state index contributed by atoms with van der Waals surface area (Å²) in [4.78, 5) is 4.43. The highest BCUT2D eigenvalue weighted by atomic mass is 32.1. The van der Waals surface area contributed by atoms with Gasteiger partial charge in [-0.15, -0.1) is 11.3 Å². The predicted molar refractivity (Wildman–Crippen MR) is 80.8 cm³/mol. The van der Waals surface area contributed by atoms with Gasteiger partial charge in [0.2, 0.25) is 0 Å². The van der Waals surface area contributed by atoms with Crippen molar-refractivity contribution in [3.05, 3.63) is 52.0 Å². The third-order valence-corrected chi connectivity index (χ3v) is 4.49. The van der Waals surface area contributed by atoms with Crippen LogP contribution in [0.4, 0.5) is 0 Å². The zero-order chi connectivity index (χ0) is 13.1. The van der Waals surface area contributed by atoms with Crippen LogP contribution in [0.25, 0.3) is 0 Å². The van der Waals surface area contributed by atoms with Gasteiger partial charge in [0.25, 0.3) is 0 Å². The van der Waals surface area contributed by atoms with Crippen molar-refractivity contribution in [1.82, 2.24) is 10.3 Å². The van der Waals surface area contributed by atoms with Crippen LogP contribution in [0.5, 0.6) is 0 Å². The Hall–Kier alpha value is -1.19. The van der Waals surface area contributed by atoms with Gasteiger partial charge in [-0.25, -0.2) is 4.98 Å². The molecule has 0 radical (unpaired) electrons.